The number of fused-ring (bicyclic) bond motifs is 8. The minimum absolute atomic E-state index is 1.19. The van der Waals surface area contributed by atoms with Crippen molar-refractivity contribution < 1.29 is 0 Å². The SMILES string of the molecule is c1ccc(-c2ccc3c(-c4ccccc4)c4c(c(-c5ccccc5)c3c2)-c2cccc3cc(-c5ccc6c(-c7ccccc7)c7c(c(-c8ccccc8)c6c5)-c5cccc6c(-c8ccccc8)ccc-7c56)cc-4c23)cc1. The average molecular weight is 959 g/mol. The molecule has 0 aliphatic heterocycles. The molecule has 16 rings (SSSR count). The first-order valence-electron chi connectivity index (χ1n) is 26.5. The van der Waals surface area contributed by atoms with Crippen molar-refractivity contribution in [2.24, 2.45) is 0 Å². The van der Waals surface area contributed by atoms with Crippen LogP contribution in [-0.2, 0) is 0 Å². The minimum Gasteiger partial charge on any atom is -0.0622 e. The van der Waals surface area contributed by atoms with Crippen molar-refractivity contribution in [1.82, 2.24) is 0 Å². The summed E-state index contributed by atoms with van der Waals surface area (Å²) in [5, 5.41) is 10.2. The first kappa shape index (κ1) is 42.6. The van der Waals surface area contributed by atoms with E-state index >= 15 is 0 Å². The summed E-state index contributed by atoms with van der Waals surface area (Å²) in [7, 11) is 0. The Bertz CT molecular complexity index is 4670. The summed E-state index contributed by atoms with van der Waals surface area (Å²) in [4.78, 5) is 0. The van der Waals surface area contributed by atoms with E-state index in [0.717, 1.165) is 0 Å². The van der Waals surface area contributed by atoms with Crippen LogP contribution in [0.2, 0.25) is 0 Å². The van der Waals surface area contributed by atoms with Crippen molar-refractivity contribution in [3.63, 3.8) is 0 Å². The molecule has 0 nitrogen and oxygen atoms in total. The maximum atomic E-state index is 2.51. The van der Waals surface area contributed by atoms with Gasteiger partial charge in [-0.3, -0.25) is 0 Å². The lowest BCUT2D eigenvalue weighted by atomic mass is 9.81. The molecule has 0 unspecified atom stereocenters. The number of rotatable bonds is 7. The topological polar surface area (TPSA) is 0 Å². The van der Waals surface area contributed by atoms with Crippen LogP contribution in [0.4, 0.5) is 0 Å². The fraction of sp³-hybridized carbons (Fsp3) is 0. The Balaban J connectivity index is 0.993. The zero-order valence-corrected chi connectivity index (χ0v) is 41.6. The molecule has 350 valence electrons. The average Bonchev–Trinajstić information content (AvgIpc) is 4.21. The quantitative estimate of drug-likeness (QED) is 0.149. The number of hydrogen-bond donors (Lipinski definition) is 0. The summed E-state index contributed by atoms with van der Waals surface area (Å²) in [5.74, 6) is 0. The Morgan fingerprint density at radius 1 is 0.145 bits per heavy atom. The Hall–Kier alpha value is -9.88. The molecule has 0 saturated heterocycles. The van der Waals surface area contributed by atoms with E-state index in [0.29, 0.717) is 0 Å². The van der Waals surface area contributed by atoms with Gasteiger partial charge in [0.1, 0.15) is 0 Å². The van der Waals surface area contributed by atoms with E-state index in [2.05, 4.69) is 279 Å². The number of benzene rings is 14. The Morgan fingerprint density at radius 3 is 1.03 bits per heavy atom. The van der Waals surface area contributed by atoms with Crippen LogP contribution in [0.25, 0.3) is 165 Å². The van der Waals surface area contributed by atoms with Crippen LogP contribution in [0.15, 0.2) is 279 Å². The molecule has 0 spiro atoms. The molecule has 0 aromatic heterocycles. The van der Waals surface area contributed by atoms with Gasteiger partial charge < -0.3 is 0 Å². The van der Waals surface area contributed by atoms with Gasteiger partial charge in [0, 0.05) is 0 Å². The summed E-state index contributed by atoms with van der Waals surface area (Å²) >= 11 is 0. The highest BCUT2D eigenvalue weighted by molar-refractivity contribution is 6.31. The van der Waals surface area contributed by atoms with Crippen LogP contribution in [0.5, 0.6) is 0 Å². The molecule has 0 heteroatoms. The normalized spacial score (nSPS) is 11.9. The zero-order chi connectivity index (χ0) is 49.8. The third-order valence-corrected chi connectivity index (χ3v) is 16.5. The highest BCUT2D eigenvalue weighted by Crippen LogP contribution is 2.61. The van der Waals surface area contributed by atoms with Gasteiger partial charge in [-0.1, -0.05) is 255 Å². The molecule has 76 heavy (non-hydrogen) atoms. The van der Waals surface area contributed by atoms with E-state index in [4.69, 9.17) is 0 Å². The van der Waals surface area contributed by atoms with E-state index in [1.165, 1.54) is 165 Å². The van der Waals surface area contributed by atoms with Gasteiger partial charge in [0.15, 0.2) is 0 Å². The fourth-order valence-electron chi connectivity index (χ4n) is 13.4. The second-order valence-corrected chi connectivity index (χ2v) is 20.5. The first-order chi connectivity index (χ1) is 37.7. The molecule has 0 amide bonds. The molecule has 14 aromatic rings. The minimum atomic E-state index is 1.19. The first-order valence-corrected chi connectivity index (χ1v) is 26.5. The molecular weight excluding hydrogens is 913 g/mol. The van der Waals surface area contributed by atoms with Gasteiger partial charge in [-0.25, -0.2) is 0 Å². The Morgan fingerprint density at radius 2 is 0.526 bits per heavy atom. The molecule has 0 bridgehead atoms. The van der Waals surface area contributed by atoms with Crippen LogP contribution in [-0.4, -0.2) is 0 Å². The monoisotopic (exact) mass is 958 g/mol. The van der Waals surface area contributed by atoms with Crippen LogP contribution in [0.3, 0.4) is 0 Å². The molecule has 0 atom stereocenters. The maximum Gasteiger partial charge on any atom is -0.000720 e. The van der Waals surface area contributed by atoms with Gasteiger partial charge in [-0.15, -0.1) is 0 Å². The lowest BCUT2D eigenvalue weighted by Crippen LogP contribution is -1.95. The van der Waals surface area contributed by atoms with Crippen molar-refractivity contribution in [3.8, 4) is 122 Å². The second-order valence-electron chi connectivity index (χ2n) is 20.5. The standard InChI is InChI=1S/C76H46/c1-7-21-47(22-8-1)53-37-39-60-64(44-53)70(51-29-15-5-16-30-51)73-61-35-19-33-55-43-56(46-66(67(55)61)76(73)69(60)50-27-13-4-14-28-50)54-38-40-59-65(45-54)71(52-31-17-6-18-32-52)74-62-36-20-34-58-57(48-23-9-2-10-24-48)41-42-63(72(58)62)75(74)68(59)49-25-11-3-12-26-49/h1-46H. The van der Waals surface area contributed by atoms with Gasteiger partial charge >= 0.3 is 0 Å². The van der Waals surface area contributed by atoms with E-state index in [9.17, 15) is 0 Å². The van der Waals surface area contributed by atoms with Crippen LogP contribution in [0.1, 0.15) is 0 Å². The van der Waals surface area contributed by atoms with Gasteiger partial charge in [-0.05, 0) is 190 Å². The van der Waals surface area contributed by atoms with E-state index < -0.39 is 0 Å². The second kappa shape index (κ2) is 16.8. The third-order valence-electron chi connectivity index (χ3n) is 16.5. The molecule has 0 N–H and O–H groups in total. The lowest BCUT2D eigenvalue weighted by Gasteiger charge is -2.22. The van der Waals surface area contributed by atoms with Crippen LogP contribution in [0, 0.1) is 0 Å². The molecule has 0 radical (unpaired) electrons. The molecule has 0 heterocycles. The number of hydrogen-bond acceptors (Lipinski definition) is 0. The van der Waals surface area contributed by atoms with Gasteiger partial charge in [0.2, 0.25) is 0 Å². The third kappa shape index (κ3) is 6.32. The summed E-state index contributed by atoms with van der Waals surface area (Å²) in [6, 6.07) is 104. The zero-order valence-electron chi connectivity index (χ0n) is 41.6. The van der Waals surface area contributed by atoms with Gasteiger partial charge in [-0.2, -0.15) is 0 Å². The summed E-state index contributed by atoms with van der Waals surface area (Å²) in [5.41, 5.74) is 27.7. The van der Waals surface area contributed by atoms with Crippen molar-refractivity contribution >= 4 is 43.1 Å². The molecule has 2 aliphatic carbocycles. The van der Waals surface area contributed by atoms with Crippen molar-refractivity contribution in [3.05, 3.63) is 279 Å². The highest BCUT2D eigenvalue weighted by atomic mass is 14.4. The van der Waals surface area contributed by atoms with Crippen LogP contribution >= 0.6 is 0 Å². The van der Waals surface area contributed by atoms with Crippen molar-refractivity contribution in [1.29, 1.82) is 0 Å². The highest BCUT2D eigenvalue weighted by Gasteiger charge is 2.34. The van der Waals surface area contributed by atoms with E-state index in [-0.39, 0.29) is 0 Å². The predicted octanol–water partition coefficient (Wildman–Crippen LogP) is 21.3. The van der Waals surface area contributed by atoms with Crippen molar-refractivity contribution in [2.75, 3.05) is 0 Å². The Labute approximate surface area is 442 Å². The predicted molar refractivity (Wildman–Crippen MR) is 323 cm³/mol. The van der Waals surface area contributed by atoms with E-state index in [1.807, 2.05) is 0 Å². The lowest BCUT2D eigenvalue weighted by molar-refractivity contribution is 1.60. The fourth-order valence-corrected chi connectivity index (χ4v) is 13.4. The molecular formula is C76H46. The van der Waals surface area contributed by atoms with Gasteiger partial charge in [0.05, 0.1) is 0 Å². The van der Waals surface area contributed by atoms with Gasteiger partial charge in [0.25, 0.3) is 0 Å². The summed E-state index contributed by atoms with van der Waals surface area (Å²) < 4.78 is 0. The van der Waals surface area contributed by atoms with Crippen molar-refractivity contribution in [2.45, 2.75) is 0 Å². The maximum absolute atomic E-state index is 2.51. The van der Waals surface area contributed by atoms with Crippen LogP contribution < -0.4 is 0 Å². The molecule has 14 aromatic carbocycles. The molecule has 0 fully saturated rings. The molecule has 2 aliphatic rings. The summed E-state index contributed by atoms with van der Waals surface area (Å²) in [6.45, 7) is 0. The van der Waals surface area contributed by atoms with E-state index in [1.54, 1.807) is 0 Å². The molecule has 0 saturated carbocycles. The largest absolute Gasteiger partial charge is 0.0622 e. The smallest absolute Gasteiger partial charge is 0.000720 e. The Kier molecular flexibility index (Phi) is 9.44. The summed E-state index contributed by atoms with van der Waals surface area (Å²) in [6.07, 6.45) is 0.